The predicted molar refractivity (Wildman–Crippen MR) is 153 cm³/mol. The van der Waals surface area contributed by atoms with Crippen LogP contribution in [0.3, 0.4) is 0 Å². The first-order chi connectivity index (χ1) is 18.8. The lowest BCUT2D eigenvalue weighted by molar-refractivity contribution is 0.236. The first kappa shape index (κ1) is 26.3. The van der Waals surface area contributed by atoms with Crippen molar-refractivity contribution in [1.82, 2.24) is 25.6 Å². The summed E-state index contributed by atoms with van der Waals surface area (Å²) in [6.07, 6.45) is 0.466. The topological polar surface area (TPSA) is 123 Å². The summed E-state index contributed by atoms with van der Waals surface area (Å²) in [7, 11) is 0. The maximum atomic E-state index is 12.9. The van der Waals surface area contributed by atoms with Crippen LogP contribution in [0, 0.1) is 6.92 Å². The Balaban J connectivity index is 1.43. The standard InChI is InChI=1S/C29H25Cl2N5O3/c1-16-25(37)21-14-19(10-11-22(21)33-28(16)38)24-26(31)36-27(35-24)23(13-17-6-3-2-4-7-17)34-29(39)32-15-18-8-5-9-20(30)12-18/h2-12,14,23H,13,15H2,1H3,(H,35,36)(H2,32,34,39)(H2,33,37,38)/t23-/m0/s1. The average molecular weight is 562 g/mol. The maximum absolute atomic E-state index is 12.9. The number of nitrogens with one attached hydrogen (secondary N) is 4. The number of halogens is 2. The first-order valence-electron chi connectivity index (χ1n) is 12.2. The van der Waals surface area contributed by atoms with Crippen LogP contribution in [0.5, 0.6) is 5.75 Å². The first-order valence-corrected chi connectivity index (χ1v) is 13.0. The molecule has 0 spiro atoms. The average Bonchev–Trinajstić information content (AvgIpc) is 3.32. The molecule has 0 aliphatic carbocycles. The van der Waals surface area contributed by atoms with Crippen LogP contribution in [0.15, 0.2) is 77.6 Å². The Labute approximate surface area is 234 Å². The molecule has 0 bridgehead atoms. The van der Waals surface area contributed by atoms with Gasteiger partial charge in [0, 0.05) is 22.5 Å². The van der Waals surface area contributed by atoms with Gasteiger partial charge in [-0.15, -0.1) is 0 Å². The molecule has 2 amide bonds. The van der Waals surface area contributed by atoms with E-state index in [1.165, 1.54) is 0 Å². The number of aromatic amines is 2. The fraction of sp³-hybridized carbons (Fsp3) is 0.138. The van der Waals surface area contributed by atoms with Crippen LogP contribution in [-0.4, -0.2) is 26.1 Å². The van der Waals surface area contributed by atoms with Crippen LogP contribution in [0.4, 0.5) is 4.79 Å². The lowest BCUT2D eigenvalue weighted by atomic mass is 10.1. The Bertz CT molecular complexity index is 1720. The van der Waals surface area contributed by atoms with Gasteiger partial charge in [0.25, 0.3) is 5.56 Å². The molecule has 0 fully saturated rings. The number of rotatable bonds is 7. The van der Waals surface area contributed by atoms with Crippen LogP contribution < -0.4 is 16.2 Å². The normalized spacial score (nSPS) is 11.9. The summed E-state index contributed by atoms with van der Waals surface area (Å²) in [4.78, 5) is 35.5. The molecule has 2 aromatic heterocycles. The number of carbonyl (C=O) groups is 1. The van der Waals surface area contributed by atoms with Gasteiger partial charge in [-0.3, -0.25) is 4.79 Å². The zero-order valence-corrected chi connectivity index (χ0v) is 22.4. The summed E-state index contributed by atoms with van der Waals surface area (Å²) in [6.45, 7) is 1.86. The molecule has 5 aromatic rings. The van der Waals surface area contributed by atoms with E-state index in [-0.39, 0.29) is 28.1 Å². The van der Waals surface area contributed by atoms with E-state index in [0.29, 0.717) is 46.0 Å². The van der Waals surface area contributed by atoms with Crippen LogP contribution in [-0.2, 0) is 13.0 Å². The summed E-state index contributed by atoms with van der Waals surface area (Å²) < 4.78 is 0. The number of amides is 2. The number of carbonyl (C=O) groups excluding carboxylic acids is 1. The highest BCUT2D eigenvalue weighted by Crippen LogP contribution is 2.33. The SMILES string of the molecule is Cc1c(O)c2cc(-c3nc([C@H](Cc4ccccc4)NC(=O)NCc4cccc(Cl)c4)[nH]c3Cl)ccc2[nH]c1=O. The molecule has 0 aliphatic heterocycles. The number of benzene rings is 3. The molecule has 0 aliphatic rings. The third-order valence-electron chi connectivity index (χ3n) is 6.43. The zero-order valence-electron chi connectivity index (χ0n) is 20.9. The van der Waals surface area contributed by atoms with Gasteiger partial charge in [0.1, 0.15) is 22.4 Å². The number of hydrogen-bond acceptors (Lipinski definition) is 4. The van der Waals surface area contributed by atoms with Crippen molar-refractivity contribution in [1.29, 1.82) is 0 Å². The van der Waals surface area contributed by atoms with E-state index in [9.17, 15) is 14.7 Å². The summed E-state index contributed by atoms with van der Waals surface area (Å²) >= 11 is 12.6. The molecule has 3 aromatic carbocycles. The van der Waals surface area contributed by atoms with E-state index in [1.807, 2.05) is 42.5 Å². The Morgan fingerprint density at radius 3 is 2.54 bits per heavy atom. The van der Waals surface area contributed by atoms with E-state index >= 15 is 0 Å². The smallest absolute Gasteiger partial charge is 0.315 e. The minimum Gasteiger partial charge on any atom is -0.507 e. The van der Waals surface area contributed by atoms with Crippen molar-refractivity contribution in [2.24, 2.45) is 0 Å². The number of aromatic hydroxyl groups is 1. The highest BCUT2D eigenvalue weighted by Gasteiger charge is 2.22. The number of nitrogens with zero attached hydrogens (tertiary/aromatic N) is 1. The van der Waals surface area contributed by atoms with Crippen molar-refractivity contribution in [3.05, 3.63) is 116 Å². The number of aromatic nitrogens is 3. The Kier molecular flexibility index (Phi) is 7.58. The molecule has 5 rings (SSSR count). The second kappa shape index (κ2) is 11.2. The molecule has 0 radical (unpaired) electrons. The highest BCUT2D eigenvalue weighted by molar-refractivity contribution is 6.32. The lowest BCUT2D eigenvalue weighted by Gasteiger charge is -2.18. The Hall–Kier alpha value is -4.27. The largest absolute Gasteiger partial charge is 0.507 e. The van der Waals surface area contributed by atoms with E-state index in [0.717, 1.165) is 11.1 Å². The minimum absolute atomic E-state index is 0.0949. The molecule has 10 heteroatoms. The number of hydrogen-bond donors (Lipinski definition) is 5. The van der Waals surface area contributed by atoms with Crippen LogP contribution in [0.2, 0.25) is 10.2 Å². The summed E-state index contributed by atoms with van der Waals surface area (Å²) in [5, 5.41) is 17.8. The van der Waals surface area contributed by atoms with E-state index in [2.05, 4.69) is 20.6 Å². The number of H-pyrrole nitrogens is 2. The second-order valence-corrected chi connectivity index (χ2v) is 9.99. The van der Waals surface area contributed by atoms with Crippen molar-refractivity contribution in [2.75, 3.05) is 0 Å². The van der Waals surface area contributed by atoms with Crippen molar-refractivity contribution < 1.29 is 9.90 Å². The zero-order chi connectivity index (χ0) is 27.5. The van der Waals surface area contributed by atoms with Gasteiger partial charge in [-0.1, -0.05) is 71.7 Å². The van der Waals surface area contributed by atoms with E-state index < -0.39 is 6.04 Å². The Morgan fingerprint density at radius 2 is 1.77 bits per heavy atom. The molecule has 0 saturated carbocycles. The van der Waals surface area contributed by atoms with Gasteiger partial charge in [-0.05, 0) is 48.7 Å². The quantitative estimate of drug-likeness (QED) is 0.166. The minimum atomic E-state index is -0.523. The fourth-order valence-corrected chi connectivity index (χ4v) is 4.81. The number of urea groups is 1. The second-order valence-electron chi connectivity index (χ2n) is 9.17. The van der Waals surface area contributed by atoms with Gasteiger partial charge < -0.3 is 25.7 Å². The van der Waals surface area contributed by atoms with Crippen LogP contribution in [0.1, 0.15) is 28.6 Å². The number of pyridine rings is 1. The van der Waals surface area contributed by atoms with Crippen LogP contribution >= 0.6 is 23.2 Å². The summed E-state index contributed by atoms with van der Waals surface area (Å²) in [6, 6.07) is 21.3. The number of imidazole rings is 1. The van der Waals surface area contributed by atoms with Crippen molar-refractivity contribution >= 4 is 40.1 Å². The van der Waals surface area contributed by atoms with Crippen LogP contribution in [0.25, 0.3) is 22.2 Å². The molecular formula is C29H25Cl2N5O3. The van der Waals surface area contributed by atoms with Gasteiger partial charge in [-0.2, -0.15) is 0 Å². The van der Waals surface area contributed by atoms with Crippen molar-refractivity contribution in [3.8, 4) is 17.0 Å². The van der Waals surface area contributed by atoms with Gasteiger partial charge in [0.05, 0.1) is 17.1 Å². The van der Waals surface area contributed by atoms with Gasteiger partial charge >= 0.3 is 6.03 Å². The summed E-state index contributed by atoms with van der Waals surface area (Å²) in [5.41, 5.74) is 3.34. The van der Waals surface area contributed by atoms with E-state index in [1.54, 1.807) is 37.3 Å². The molecule has 198 valence electrons. The molecule has 8 nitrogen and oxygen atoms in total. The highest BCUT2D eigenvalue weighted by atomic mass is 35.5. The number of fused-ring (bicyclic) bond motifs is 1. The monoisotopic (exact) mass is 561 g/mol. The van der Waals surface area contributed by atoms with Crippen molar-refractivity contribution in [2.45, 2.75) is 25.9 Å². The molecule has 39 heavy (non-hydrogen) atoms. The molecule has 0 saturated heterocycles. The Morgan fingerprint density at radius 1 is 1.00 bits per heavy atom. The van der Waals surface area contributed by atoms with Crippen molar-refractivity contribution in [3.63, 3.8) is 0 Å². The lowest BCUT2D eigenvalue weighted by Crippen LogP contribution is -2.38. The summed E-state index contributed by atoms with van der Waals surface area (Å²) in [5.74, 6) is 0.376. The predicted octanol–water partition coefficient (Wildman–Crippen LogP) is 6.02. The molecular weight excluding hydrogens is 537 g/mol. The molecule has 5 N–H and O–H groups in total. The third kappa shape index (κ3) is 5.92. The fourth-order valence-electron chi connectivity index (χ4n) is 4.35. The molecule has 1 atom stereocenters. The van der Waals surface area contributed by atoms with Gasteiger partial charge in [-0.25, -0.2) is 9.78 Å². The van der Waals surface area contributed by atoms with E-state index in [4.69, 9.17) is 28.2 Å². The van der Waals surface area contributed by atoms with Gasteiger partial charge in [0.2, 0.25) is 0 Å². The van der Waals surface area contributed by atoms with Gasteiger partial charge in [0.15, 0.2) is 0 Å². The molecule has 0 unspecified atom stereocenters. The molecule has 2 heterocycles. The maximum Gasteiger partial charge on any atom is 0.315 e. The third-order valence-corrected chi connectivity index (χ3v) is 6.94.